The van der Waals surface area contributed by atoms with Gasteiger partial charge in [0, 0.05) is 5.92 Å². The van der Waals surface area contributed by atoms with E-state index in [9.17, 15) is 8.42 Å². The fraction of sp³-hybridized carbons (Fsp3) is 0.846. The highest BCUT2D eigenvalue weighted by molar-refractivity contribution is 7.91. The standard InChI is InChI=1S/C13H23N3O3S/c1-10(2)13-14-12(19-15-13)8-16(3)6-4-11-5-7-20(17,18)9-11/h10-11H,4-9H2,1-3H3/t11-/m1/s1. The van der Waals surface area contributed by atoms with Crippen LogP contribution in [0.4, 0.5) is 0 Å². The lowest BCUT2D eigenvalue weighted by Crippen LogP contribution is -2.22. The van der Waals surface area contributed by atoms with E-state index in [1.54, 1.807) is 0 Å². The minimum Gasteiger partial charge on any atom is -0.338 e. The van der Waals surface area contributed by atoms with E-state index in [1.165, 1.54) is 0 Å². The van der Waals surface area contributed by atoms with Gasteiger partial charge in [-0.25, -0.2) is 8.42 Å². The van der Waals surface area contributed by atoms with Gasteiger partial charge >= 0.3 is 0 Å². The average Bonchev–Trinajstić information content (AvgIpc) is 2.93. The second-order valence-electron chi connectivity index (χ2n) is 6.00. The number of sulfone groups is 1. The molecular weight excluding hydrogens is 278 g/mol. The quantitative estimate of drug-likeness (QED) is 0.791. The first-order valence-electron chi connectivity index (χ1n) is 7.07. The third kappa shape index (κ3) is 4.28. The van der Waals surface area contributed by atoms with Gasteiger partial charge in [-0.1, -0.05) is 19.0 Å². The van der Waals surface area contributed by atoms with Gasteiger partial charge < -0.3 is 4.52 Å². The summed E-state index contributed by atoms with van der Waals surface area (Å²) in [6.07, 6.45) is 1.70. The SMILES string of the molecule is CC(C)c1noc(CN(C)CC[C@@H]2CCS(=O)(=O)C2)n1. The first-order chi connectivity index (χ1) is 9.35. The number of hydrogen-bond donors (Lipinski definition) is 0. The average molecular weight is 301 g/mol. The fourth-order valence-corrected chi connectivity index (χ4v) is 4.29. The van der Waals surface area contributed by atoms with Crippen LogP contribution < -0.4 is 0 Å². The van der Waals surface area contributed by atoms with Crippen molar-refractivity contribution in [3.63, 3.8) is 0 Å². The minimum absolute atomic E-state index is 0.265. The maximum absolute atomic E-state index is 11.4. The Morgan fingerprint density at radius 3 is 2.75 bits per heavy atom. The predicted molar refractivity (Wildman–Crippen MR) is 76.1 cm³/mol. The van der Waals surface area contributed by atoms with Crippen molar-refractivity contribution in [3.05, 3.63) is 11.7 Å². The molecule has 2 rings (SSSR count). The van der Waals surface area contributed by atoms with E-state index < -0.39 is 9.84 Å². The lowest BCUT2D eigenvalue weighted by molar-refractivity contribution is 0.252. The van der Waals surface area contributed by atoms with E-state index in [1.807, 2.05) is 20.9 Å². The molecule has 0 amide bonds. The summed E-state index contributed by atoms with van der Waals surface area (Å²) in [6.45, 7) is 5.51. The Hall–Kier alpha value is -0.950. The summed E-state index contributed by atoms with van der Waals surface area (Å²) in [5.74, 6) is 2.62. The molecular formula is C13H23N3O3S. The van der Waals surface area contributed by atoms with Gasteiger partial charge in [0.25, 0.3) is 0 Å². The van der Waals surface area contributed by atoms with Gasteiger partial charge in [-0.2, -0.15) is 4.98 Å². The minimum atomic E-state index is -2.77. The molecule has 1 aromatic heterocycles. The zero-order valence-corrected chi connectivity index (χ0v) is 13.2. The Morgan fingerprint density at radius 1 is 1.45 bits per heavy atom. The van der Waals surface area contributed by atoms with Crippen molar-refractivity contribution in [1.29, 1.82) is 0 Å². The summed E-state index contributed by atoms with van der Waals surface area (Å²) in [7, 11) is -0.779. The van der Waals surface area contributed by atoms with Crippen molar-refractivity contribution in [3.8, 4) is 0 Å². The van der Waals surface area contributed by atoms with Crippen LogP contribution in [0, 0.1) is 5.92 Å². The fourth-order valence-electron chi connectivity index (χ4n) is 2.38. The summed E-state index contributed by atoms with van der Waals surface area (Å²) >= 11 is 0. The molecule has 20 heavy (non-hydrogen) atoms. The number of aromatic nitrogens is 2. The molecule has 0 aliphatic carbocycles. The lowest BCUT2D eigenvalue weighted by atomic mass is 10.1. The molecule has 1 fully saturated rings. The summed E-state index contributed by atoms with van der Waals surface area (Å²) in [4.78, 5) is 6.44. The van der Waals surface area contributed by atoms with Crippen molar-refractivity contribution in [2.75, 3.05) is 25.1 Å². The van der Waals surface area contributed by atoms with Gasteiger partial charge in [0.2, 0.25) is 5.89 Å². The molecule has 0 bridgehead atoms. The number of rotatable bonds is 6. The first kappa shape index (κ1) is 15.4. The van der Waals surface area contributed by atoms with Crippen molar-refractivity contribution >= 4 is 9.84 Å². The number of nitrogens with zero attached hydrogens (tertiary/aromatic N) is 3. The van der Waals surface area contributed by atoms with Crippen molar-refractivity contribution < 1.29 is 12.9 Å². The summed E-state index contributed by atoms with van der Waals surface area (Å²) < 4.78 is 28.0. The molecule has 1 aliphatic rings. The molecule has 0 radical (unpaired) electrons. The smallest absolute Gasteiger partial charge is 0.240 e. The van der Waals surface area contributed by atoms with E-state index in [-0.39, 0.29) is 5.92 Å². The first-order valence-corrected chi connectivity index (χ1v) is 8.89. The van der Waals surface area contributed by atoms with E-state index in [2.05, 4.69) is 15.0 Å². The van der Waals surface area contributed by atoms with Crippen LogP contribution in [-0.2, 0) is 16.4 Å². The predicted octanol–water partition coefficient (Wildman–Crippen LogP) is 1.45. The zero-order valence-electron chi connectivity index (χ0n) is 12.4. The Balaban J connectivity index is 1.76. The van der Waals surface area contributed by atoms with Gasteiger partial charge in [-0.3, -0.25) is 4.90 Å². The van der Waals surface area contributed by atoms with E-state index in [4.69, 9.17) is 4.52 Å². The summed E-state index contributed by atoms with van der Waals surface area (Å²) in [5, 5.41) is 3.93. The van der Waals surface area contributed by atoms with Gasteiger partial charge in [0.05, 0.1) is 18.1 Å². The largest absolute Gasteiger partial charge is 0.338 e. The maximum atomic E-state index is 11.4. The third-order valence-electron chi connectivity index (χ3n) is 3.65. The van der Waals surface area contributed by atoms with Crippen molar-refractivity contribution in [2.24, 2.45) is 5.92 Å². The van der Waals surface area contributed by atoms with E-state index in [0.29, 0.717) is 29.9 Å². The lowest BCUT2D eigenvalue weighted by Gasteiger charge is -2.16. The molecule has 0 spiro atoms. The van der Waals surface area contributed by atoms with Crippen LogP contribution in [0.2, 0.25) is 0 Å². The molecule has 0 saturated carbocycles. The molecule has 2 heterocycles. The van der Waals surface area contributed by atoms with Gasteiger partial charge in [-0.05, 0) is 32.4 Å². The molecule has 1 aromatic rings. The van der Waals surface area contributed by atoms with Gasteiger partial charge in [0.1, 0.15) is 0 Å². The Morgan fingerprint density at radius 2 is 2.20 bits per heavy atom. The van der Waals surface area contributed by atoms with Gasteiger partial charge in [0.15, 0.2) is 15.7 Å². The summed E-state index contributed by atoms with van der Waals surface area (Å²) in [6, 6.07) is 0. The molecule has 0 N–H and O–H groups in total. The van der Waals surface area contributed by atoms with Crippen LogP contribution in [0.25, 0.3) is 0 Å². The molecule has 0 aromatic carbocycles. The molecule has 0 unspecified atom stereocenters. The summed E-state index contributed by atoms with van der Waals surface area (Å²) in [5.41, 5.74) is 0. The topological polar surface area (TPSA) is 76.3 Å². The molecule has 7 heteroatoms. The molecule has 1 atom stereocenters. The molecule has 6 nitrogen and oxygen atoms in total. The van der Waals surface area contributed by atoms with Crippen LogP contribution in [0.3, 0.4) is 0 Å². The number of hydrogen-bond acceptors (Lipinski definition) is 6. The highest BCUT2D eigenvalue weighted by Gasteiger charge is 2.27. The Kier molecular flexibility index (Phi) is 4.80. The van der Waals surface area contributed by atoms with Crippen molar-refractivity contribution in [2.45, 2.75) is 39.2 Å². The van der Waals surface area contributed by atoms with Crippen LogP contribution in [0.5, 0.6) is 0 Å². The van der Waals surface area contributed by atoms with Crippen LogP contribution in [0.15, 0.2) is 4.52 Å². The zero-order chi connectivity index (χ0) is 14.8. The van der Waals surface area contributed by atoms with Crippen molar-refractivity contribution in [1.82, 2.24) is 15.0 Å². The highest BCUT2D eigenvalue weighted by Crippen LogP contribution is 2.21. The Labute approximate surface area is 120 Å². The molecule has 1 aliphatic heterocycles. The molecule has 114 valence electrons. The second-order valence-corrected chi connectivity index (χ2v) is 8.23. The maximum Gasteiger partial charge on any atom is 0.240 e. The van der Waals surface area contributed by atoms with Crippen LogP contribution >= 0.6 is 0 Å². The molecule has 1 saturated heterocycles. The third-order valence-corrected chi connectivity index (χ3v) is 5.49. The van der Waals surface area contributed by atoms with E-state index >= 15 is 0 Å². The Bertz CT molecular complexity index is 539. The monoisotopic (exact) mass is 301 g/mol. The van der Waals surface area contributed by atoms with Crippen LogP contribution in [0.1, 0.15) is 44.3 Å². The highest BCUT2D eigenvalue weighted by atomic mass is 32.2. The van der Waals surface area contributed by atoms with E-state index in [0.717, 1.165) is 25.2 Å². The second kappa shape index (κ2) is 6.22. The van der Waals surface area contributed by atoms with Gasteiger partial charge in [-0.15, -0.1) is 0 Å². The normalized spacial score (nSPS) is 21.9. The van der Waals surface area contributed by atoms with Crippen LogP contribution in [-0.4, -0.2) is 48.6 Å².